The Hall–Kier alpha value is -0.450. The molecule has 2 heterocycles. The van der Waals surface area contributed by atoms with E-state index in [1.165, 1.54) is 4.88 Å². The molecule has 8 heteroatoms. The third-order valence-electron chi connectivity index (χ3n) is 3.79. The van der Waals surface area contributed by atoms with Crippen molar-refractivity contribution in [1.82, 2.24) is 15.6 Å². The molecule has 1 atom stereocenters. The quantitative estimate of drug-likeness (QED) is 0.266. The molecule has 1 aliphatic rings. The van der Waals surface area contributed by atoms with Crippen LogP contribution in [0.5, 0.6) is 0 Å². The van der Waals surface area contributed by atoms with Crippen LogP contribution in [0.2, 0.25) is 0 Å². The van der Waals surface area contributed by atoms with Gasteiger partial charge in [0.05, 0.1) is 24.9 Å². The van der Waals surface area contributed by atoms with Gasteiger partial charge in [-0.1, -0.05) is 0 Å². The Labute approximate surface area is 165 Å². The highest BCUT2D eigenvalue weighted by Crippen LogP contribution is 2.15. The van der Waals surface area contributed by atoms with E-state index in [4.69, 9.17) is 9.47 Å². The van der Waals surface area contributed by atoms with E-state index in [0.29, 0.717) is 12.6 Å². The van der Waals surface area contributed by atoms with Crippen molar-refractivity contribution in [3.8, 4) is 0 Å². The summed E-state index contributed by atoms with van der Waals surface area (Å²) in [6.07, 6.45) is 3.55. The van der Waals surface area contributed by atoms with Crippen molar-refractivity contribution in [3.63, 3.8) is 0 Å². The van der Waals surface area contributed by atoms with Gasteiger partial charge in [0.1, 0.15) is 5.01 Å². The number of thiazole rings is 1. The molecule has 1 aromatic heterocycles. The summed E-state index contributed by atoms with van der Waals surface area (Å²) in [5.41, 5.74) is 1.11. The minimum atomic E-state index is 0. The van der Waals surface area contributed by atoms with Gasteiger partial charge in [0, 0.05) is 31.7 Å². The first-order valence-corrected chi connectivity index (χ1v) is 9.07. The number of hydrogen-bond acceptors (Lipinski definition) is 5. The Bertz CT molecular complexity index is 485. The lowest BCUT2D eigenvalue weighted by Gasteiger charge is -2.12. The largest absolute Gasteiger partial charge is 0.379 e. The molecule has 0 aromatic carbocycles. The third kappa shape index (κ3) is 7.62. The zero-order chi connectivity index (χ0) is 16.5. The van der Waals surface area contributed by atoms with Crippen molar-refractivity contribution in [2.45, 2.75) is 45.8 Å². The van der Waals surface area contributed by atoms with Crippen LogP contribution < -0.4 is 10.6 Å². The molecule has 0 bridgehead atoms. The fourth-order valence-electron chi connectivity index (χ4n) is 2.37. The number of aromatic nitrogens is 1. The van der Waals surface area contributed by atoms with Crippen molar-refractivity contribution < 1.29 is 9.47 Å². The molecule has 2 rings (SSSR count). The number of nitrogens with zero attached hydrogens (tertiary/aromatic N) is 2. The van der Waals surface area contributed by atoms with Gasteiger partial charge >= 0.3 is 0 Å². The minimum Gasteiger partial charge on any atom is -0.379 e. The maximum absolute atomic E-state index is 5.64. The Morgan fingerprint density at radius 1 is 1.42 bits per heavy atom. The summed E-state index contributed by atoms with van der Waals surface area (Å²) in [7, 11) is 1.78. The average Bonchev–Trinajstić information content (AvgIpc) is 3.16. The second kappa shape index (κ2) is 12.0. The first-order chi connectivity index (χ1) is 11.2. The molecule has 138 valence electrons. The summed E-state index contributed by atoms with van der Waals surface area (Å²) >= 11 is 1.73. The van der Waals surface area contributed by atoms with Crippen molar-refractivity contribution in [3.05, 3.63) is 15.6 Å². The molecular weight excluding hydrogens is 439 g/mol. The van der Waals surface area contributed by atoms with E-state index < -0.39 is 0 Å². The standard InChI is InChI=1S/C16H28N4O2S.HI/c1-12-13(2)23-15(20-12)10-19-16(17-3)18-7-5-8-21-11-14-6-4-9-22-14;/h14H,4-11H2,1-3H3,(H2,17,18,19);1H. The molecule has 6 nitrogen and oxygen atoms in total. The number of ether oxygens (including phenoxy) is 2. The van der Waals surface area contributed by atoms with E-state index in [0.717, 1.165) is 62.3 Å². The van der Waals surface area contributed by atoms with Gasteiger partial charge in [0.2, 0.25) is 0 Å². The van der Waals surface area contributed by atoms with Crippen LogP contribution in [0.1, 0.15) is 34.8 Å². The van der Waals surface area contributed by atoms with Crippen LogP contribution in [-0.4, -0.2) is 50.5 Å². The highest BCUT2D eigenvalue weighted by molar-refractivity contribution is 14.0. The van der Waals surface area contributed by atoms with Gasteiger partial charge < -0.3 is 20.1 Å². The topological polar surface area (TPSA) is 67.8 Å². The predicted molar refractivity (Wildman–Crippen MR) is 110 cm³/mol. The zero-order valence-corrected chi connectivity index (χ0v) is 17.9. The first kappa shape index (κ1) is 21.6. The second-order valence-electron chi connectivity index (χ2n) is 5.67. The van der Waals surface area contributed by atoms with Crippen LogP contribution in [0, 0.1) is 13.8 Å². The van der Waals surface area contributed by atoms with Gasteiger partial charge in [-0.3, -0.25) is 4.99 Å². The molecule has 0 amide bonds. The van der Waals surface area contributed by atoms with Crippen molar-refractivity contribution in [2.24, 2.45) is 4.99 Å². The van der Waals surface area contributed by atoms with E-state index in [1.807, 2.05) is 6.92 Å². The van der Waals surface area contributed by atoms with Gasteiger partial charge in [-0.2, -0.15) is 0 Å². The van der Waals surface area contributed by atoms with E-state index in [9.17, 15) is 0 Å². The van der Waals surface area contributed by atoms with Crippen LogP contribution in [-0.2, 0) is 16.0 Å². The van der Waals surface area contributed by atoms with E-state index in [2.05, 4.69) is 27.5 Å². The average molecular weight is 468 g/mol. The number of aliphatic imine (C=N–C) groups is 1. The van der Waals surface area contributed by atoms with Crippen LogP contribution in [0.4, 0.5) is 0 Å². The number of guanidine groups is 1. The summed E-state index contributed by atoms with van der Waals surface area (Å²) in [5, 5.41) is 7.67. The monoisotopic (exact) mass is 468 g/mol. The molecule has 1 saturated heterocycles. The molecule has 2 N–H and O–H groups in total. The Kier molecular flexibility index (Phi) is 10.8. The van der Waals surface area contributed by atoms with Gasteiger partial charge in [0.25, 0.3) is 0 Å². The fourth-order valence-corrected chi connectivity index (χ4v) is 3.24. The summed E-state index contributed by atoms with van der Waals surface area (Å²) < 4.78 is 11.2. The highest BCUT2D eigenvalue weighted by atomic mass is 127. The fraction of sp³-hybridized carbons (Fsp3) is 0.750. The molecule has 0 spiro atoms. The molecule has 1 fully saturated rings. The van der Waals surface area contributed by atoms with E-state index in [-0.39, 0.29) is 24.0 Å². The molecule has 0 aliphatic carbocycles. The SMILES string of the molecule is CN=C(NCCCOCC1CCCO1)NCc1nc(C)c(C)s1.I. The van der Waals surface area contributed by atoms with Crippen molar-refractivity contribution >= 4 is 41.3 Å². The second-order valence-corrected chi connectivity index (χ2v) is 6.95. The summed E-state index contributed by atoms with van der Waals surface area (Å²) in [5.74, 6) is 0.801. The van der Waals surface area contributed by atoms with Crippen LogP contribution in [0.15, 0.2) is 4.99 Å². The van der Waals surface area contributed by atoms with Crippen molar-refractivity contribution in [2.75, 3.05) is 33.4 Å². The van der Waals surface area contributed by atoms with Gasteiger partial charge in [-0.05, 0) is 33.1 Å². The molecule has 1 aliphatic heterocycles. The van der Waals surface area contributed by atoms with Gasteiger partial charge in [0.15, 0.2) is 5.96 Å². The number of halogens is 1. The molecule has 0 saturated carbocycles. The highest BCUT2D eigenvalue weighted by Gasteiger charge is 2.14. The van der Waals surface area contributed by atoms with Gasteiger partial charge in [-0.15, -0.1) is 35.3 Å². The molecule has 24 heavy (non-hydrogen) atoms. The third-order valence-corrected chi connectivity index (χ3v) is 4.86. The normalized spacial score (nSPS) is 17.6. The molecule has 0 radical (unpaired) electrons. The lowest BCUT2D eigenvalue weighted by molar-refractivity contribution is 0.0168. The number of aryl methyl sites for hydroxylation is 2. The number of nitrogens with one attached hydrogen (secondary N) is 2. The Balaban J connectivity index is 0.00000288. The minimum absolute atomic E-state index is 0. The van der Waals surface area contributed by atoms with Crippen molar-refractivity contribution in [1.29, 1.82) is 0 Å². The first-order valence-electron chi connectivity index (χ1n) is 8.26. The molecule has 1 unspecified atom stereocenters. The van der Waals surface area contributed by atoms with Crippen LogP contribution in [0.3, 0.4) is 0 Å². The van der Waals surface area contributed by atoms with Gasteiger partial charge in [-0.25, -0.2) is 4.98 Å². The zero-order valence-electron chi connectivity index (χ0n) is 14.8. The summed E-state index contributed by atoms with van der Waals surface area (Å²) in [6, 6.07) is 0. The lowest BCUT2D eigenvalue weighted by atomic mass is 10.2. The van der Waals surface area contributed by atoms with E-state index in [1.54, 1.807) is 18.4 Å². The Morgan fingerprint density at radius 3 is 2.88 bits per heavy atom. The number of hydrogen-bond donors (Lipinski definition) is 2. The lowest BCUT2D eigenvalue weighted by Crippen LogP contribution is -2.37. The summed E-state index contributed by atoms with van der Waals surface area (Å²) in [4.78, 5) is 10.0. The smallest absolute Gasteiger partial charge is 0.191 e. The molecule has 1 aromatic rings. The van der Waals surface area contributed by atoms with E-state index >= 15 is 0 Å². The van der Waals surface area contributed by atoms with Crippen LogP contribution in [0.25, 0.3) is 0 Å². The summed E-state index contributed by atoms with van der Waals surface area (Å²) in [6.45, 7) is 8.02. The Morgan fingerprint density at radius 2 is 2.25 bits per heavy atom. The number of rotatable bonds is 8. The van der Waals surface area contributed by atoms with Crippen LogP contribution >= 0.6 is 35.3 Å². The maximum atomic E-state index is 5.64. The predicted octanol–water partition coefficient (Wildman–Crippen LogP) is 2.63. The molecular formula is C16H29IN4O2S. The maximum Gasteiger partial charge on any atom is 0.191 e.